The highest BCUT2D eigenvalue weighted by Crippen LogP contribution is 2.34. The van der Waals surface area contributed by atoms with E-state index in [0.29, 0.717) is 18.2 Å². The predicted molar refractivity (Wildman–Crippen MR) is 98.4 cm³/mol. The van der Waals surface area contributed by atoms with Crippen molar-refractivity contribution in [1.29, 1.82) is 0 Å². The van der Waals surface area contributed by atoms with E-state index in [1.807, 2.05) is 7.05 Å². The SMILES string of the molecule is CN=C(NCCc1ccc2ccccc2c1)NC1CC2CCC1O2. The minimum Gasteiger partial charge on any atom is -0.373 e. The number of hydrogen-bond acceptors (Lipinski definition) is 2. The molecule has 4 rings (SSSR count). The van der Waals surface area contributed by atoms with Crippen LogP contribution in [0.5, 0.6) is 0 Å². The number of fused-ring (bicyclic) bond motifs is 3. The molecule has 2 fully saturated rings. The van der Waals surface area contributed by atoms with Crippen LogP contribution in [0.15, 0.2) is 47.5 Å². The van der Waals surface area contributed by atoms with Gasteiger partial charge in [0.1, 0.15) is 0 Å². The Morgan fingerprint density at radius 3 is 2.79 bits per heavy atom. The largest absolute Gasteiger partial charge is 0.373 e. The first-order chi connectivity index (χ1) is 11.8. The van der Waals surface area contributed by atoms with Gasteiger partial charge in [-0.25, -0.2) is 0 Å². The molecule has 0 aliphatic carbocycles. The molecule has 24 heavy (non-hydrogen) atoms. The smallest absolute Gasteiger partial charge is 0.191 e. The van der Waals surface area contributed by atoms with E-state index < -0.39 is 0 Å². The standard InChI is InChI=1S/C20H25N3O/c1-21-20(23-18-13-17-8-9-19(18)24-17)22-11-10-14-6-7-15-4-2-3-5-16(15)12-14/h2-7,12,17-19H,8-11,13H2,1H3,(H2,21,22,23). The lowest BCUT2D eigenvalue weighted by Crippen LogP contribution is -2.47. The predicted octanol–water partition coefficient (Wildman–Crippen LogP) is 2.87. The Hall–Kier alpha value is -2.07. The van der Waals surface area contributed by atoms with Crippen molar-refractivity contribution in [2.24, 2.45) is 4.99 Å². The zero-order chi connectivity index (χ0) is 16.4. The highest BCUT2D eigenvalue weighted by Gasteiger charge is 2.41. The third kappa shape index (κ3) is 3.24. The van der Waals surface area contributed by atoms with Crippen LogP contribution < -0.4 is 10.6 Å². The van der Waals surface area contributed by atoms with Crippen LogP contribution in [0, 0.1) is 0 Å². The van der Waals surface area contributed by atoms with Gasteiger partial charge in [-0.05, 0) is 42.0 Å². The Morgan fingerprint density at radius 1 is 1.17 bits per heavy atom. The van der Waals surface area contributed by atoms with Gasteiger partial charge in [0.15, 0.2) is 5.96 Å². The van der Waals surface area contributed by atoms with Crippen LogP contribution in [0.25, 0.3) is 10.8 Å². The summed E-state index contributed by atoms with van der Waals surface area (Å²) >= 11 is 0. The first-order valence-electron chi connectivity index (χ1n) is 8.92. The second-order valence-electron chi connectivity index (χ2n) is 6.79. The van der Waals surface area contributed by atoms with E-state index in [1.165, 1.54) is 29.2 Å². The van der Waals surface area contributed by atoms with Crippen molar-refractivity contribution >= 4 is 16.7 Å². The average Bonchev–Trinajstić information content (AvgIpc) is 3.23. The molecule has 0 radical (unpaired) electrons. The summed E-state index contributed by atoms with van der Waals surface area (Å²) in [6.07, 6.45) is 5.32. The van der Waals surface area contributed by atoms with Crippen molar-refractivity contribution < 1.29 is 4.74 Å². The maximum Gasteiger partial charge on any atom is 0.191 e. The molecule has 0 saturated carbocycles. The van der Waals surface area contributed by atoms with E-state index in [-0.39, 0.29) is 0 Å². The summed E-state index contributed by atoms with van der Waals surface area (Å²) in [6, 6.07) is 15.6. The summed E-state index contributed by atoms with van der Waals surface area (Å²) in [5.41, 5.74) is 1.35. The fourth-order valence-corrected chi connectivity index (χ4v) is 3.88. The van der Waals surface area contributed by atoms with Crippen LogP contribution in [0.1, 0.15) is 24.8 Å². The highest BCUT2D eigenvalue weighted by atomic mass is 16.5. The second kappa shape index (κ2) is 6.81. The number of ether oxygens (including phenoxy) is 1. The molecule has 2 aromatic carbocycles. The van der Waals surface area contributed by atoms with Crippen molar-refractivity contribution in [2.45, 2.75) is 43.9 Å². The van der Waals surface area contributed by atoms with Crippen molar-refractivity contribution in [3.05, 3.63) is 48.0 Å². The fourth-order valence-electron chi connectivity index (χ4n) is 3.88. The van der Waals surface area contributed by atoms with Crippen molar-refractivity contribution in [3.63, 3.8) is 0 Å². The molecule has 2 saturated heterocycles. The fraction of sp³-hybridized carbons (Fsp3) is 0.450. The van der Waals surface area contributed by atoms with E-state index in [9.17, 15) is 0 Å². The molecule has 4 heteroatoms. The number of aliphatic imine (C=N–C) groups is 1. The van der Waals surface area contributed by atoms with Gasteiger partial charge < -0.3 is 15.4 Å². The summed E-state index contributed by atoms with van der Waals surface area (Å²) in [7, 11) is 1.83. The van der Waals surface area contributed by atoms with Gasteiger partial charge in [0.05, 0.1) is 18.2 Å². The highest BCUT2D eigenvalue weighted by molar-refractivity contribution is 5.83. The van der Waals surface area contributed by atoms with Gasteiger partial charge in [-0.3, -0.25) is 4.99 Å². The van der Waals surface area contributed by atoms with Gasteiger partial charge in [-0.15, -0.1) is 0 Å². The Morgan fingerprint density at radius 2 is 2.04 bits per heavy atom. The topological polar surface area (TPSA) is 45.7 Å². The second-order valence-corrected chi connectivity index (χ2v) is 6.79. The van der Waals surface area contributed by atoms with Crippen LogP contribution in [-0.4, -0.2) is 37.8 Å². The van der Waals surface area contributed by atoms with Gasteiger partial charge >= 0.3 is 0 Å². The van der Waals surface area contributed by atoms with Crippen LogP contribution in [0.3, 0.4) is 0 Å². The molecular formula is C20H25N3O. The maximum absolute atomic E-state index is 5.90. The normalized spacial score (nSPS) is 26.0. The quantitative estimate of drug-likeness (QED) is 0.672. The number of guanidine groups is 1. The molecule has 4 nitrogen and oxygen atoms in total. The molecule has 2 bridgehead atoms. The molecular weight excluding hydrogens is 298 g/mol. The van der Waals surface area contributed by atoms with Crippen LogP contribution in [0.4, 0.5) is 0 Å². The first-order valence-corrected chi connectivity index (χ1v) is 8.92. The van der Waals surface area contributed by atoms with Gasteiger partial charge in [0, 0.05) is 13.6 Å². The van der Waals surface area contributed by atoms with E-state index in [2.05, 4.69) is 58.1 Å². The van der Waals surface area contributed by atoms with Gasteiger partial charge in [-0.1, -0.05) is 42.5 Å². The number of benzene rings is 2. The van der Waals surface area contributed by atoms with Gasteiger partial charge in [0.25, 0.3) is 0 Å². The minimum absolute atomic E-state index is 0.369. The van der Waals surface area contributed by atoms with Gasteiger partial charge in [-0.2, -0.15) is 0 Å². The van der Waals surface area contributed by atoms with Crippen molar-refractivity contribution in [3.8, 4) is 0 Å². The lowest BCUT2D eigenvalue weighted by molar-refractivity contribution is 0.0992. The number of nitrogens with one attached hydrogen (secondary N) is 2. The van der Waals surface area contributed by atoms with E-state index in [0.717, 1.165) is 25.3 Å². The molecule has 3 unspecified atom stereocenters. The molecule has 2 heterocycles. The van der Waals surface area contributed by atoms with Crippen molar-refractivity contribution in [2.75, 3.05) is 13.6 Å². The Bertz CT molecular complexity index is 742. The number of rotatable bonds is 4. The molecule has 3 atom stereocenters. The molecule has 2 aromatic rings. The lowest BCUT2D eigenvalue weighted by atomic mass is 9.96. The number of nitrogens with zero attached hydrogens (tertiary/aromatic N) is 1. The zero-order valence-electron chi connectivity index (χ0n) is 14.2. The van der Waals surface area contributed by atoms with Crippen molar-refractivity contribution in [1.82, 2.24) is 10.6 Å². The summed E-state index contributed by atoms with van der Waals surface area (Å²) in [4.78, 5) is 4.36. The van der Waals surface area contributed by atoms with Crippen LogP contribution in [0.2, 0.25) is 0 Å². The van der Waals surface area contributed by atoms with E-state index in [1.54, 1.807) is 0 Å². The summed E-state index contributed by atoms with van der Waals surface area (Å²) in [6.45, 7) is 0.875. The summed E-state index contributed by atoms with van der Waals surface area (Å²) in [5.74, 6) is 0.886. The summed E-state index contributed by atoms with van der Waals surface area (Å²) < 4.78 is 5.90. The minimum atomic E-state index is 0.369. The molecule has 2 aliphatic rings. The molecule has 2 N–H and O–H groups in total. The monoisotopic (exact) mass is 323 g/mol. The van der Waals surface area contributed by atoms with E-state index in [4.69, 9.17) is 4.74 Å². The van der Waals surface area contributed by atoms with Crippen LogP contribution >= 0.6 is 0 Å². The molecule has 2 aliphatic heterocycles. The Labute approximate surface area is 143 Å². The summed E-state index contributed by atoms with van der Waals surface area (Å²) in [5, 5.41) is 9.56. The Balaban J connectivity index is 1.30. The third-order valence-corrected chi connectivity index (χ3v) is 5.17. The third-order valence-electron chi connectivity index (χ3n) is 5.17. The van der Waals surface area contributed by atoms with E-state index >= 15 is 0 Å². The molecule has 0 aromatic heterocycles. The van der Waals surface area contributed by atoms with Crippen LogP contribution in [-0.2, 0) is 11.2 Å². The molecule has 126 valence electrons. The lowest BCUT2D eigenvalue weighted by Gasteiger charge is -2.22. The molecule has 0 spiro atoms. The number of hydrogen-bond donors (Lipinski definition) is 2. The average molecular weight is 323 g/mol. The maximum atomic E-state index is 5.90. The molecule has 0 amide bonds. The Kier molecular flexibility index (Phi) is 4.39. The van der Waals surface area contributed by atoms with Gasteiger partial charge in [0.2, 0.25) is 0 Å². The first kappa shape index (κ1) is 15.5. The zero-order valence-corrected chi connectivity index (χ0v) is 14.2.